The fourth-order valence-electron chi connectivity index (χ4n) is 3.42. The van der Waals surface area contributed by atoms with Gasteiger partial charge in [-0.2, -0.15) is 0 Å². The second kappa shape index (κ2) is 11.5. The number of hydrogen-bond donors (Lipinski definition) is 1. The molecule has 3 rings (SSSR count). The quantitative estimate of drug-likeness (QED) is 0.189. The lowest BCUT2D eigenvalue weighted by Gasteiger charge is -2.09. The minimum atomic E-state index is -1.09. The highest BCUT2D eigenvalue weighted by Gasteiger charge is 2.14. The van der Waals surface area contributed by atoms with Crippen LogP contribution in [0.3, 0.4) is 0 Å². The first-order valence-corrected chi connectivity index (χ1v) is 11.3. The number of benzene rings is 3. The maximum Gasteiger partial charge on any atom is 0.343 e. The van der Waals surface area contributed by atoms with Gasteiger partial charge in [0.1, 0.15) is 11.5 Å². The van der Waals surface area contributed by atoms with E-state index in [-0.39, 0.29) is 10.6 Å². The fraction of sp³-hybridized carbons (Fsp3) is 0.308. The van der Waals surface area contributed by atoms with Gasteiger partial charge in [0.05, 0.1) is 22.8 Å². The van der Waals surface area contributed by atoms with E-state index in [1.54, 1.807) is 48.5 Å². The second-order valence-corrected chi connectivity index (χ2v) is 8.02. The van der Waals surface area contributed by atoms with Crippen molar-refractivity contribution in [2.75, 3.05) is 6.61 Å². The van der Waals surface area contributed by atoms with E-state index >= 15 is 0 Å². The van der Waals surface area contributed by atoms with Gasteiger partial charge >= 0.3 is 11.9 Å². The third-order valence-electron chi connectivity index (χ3n) is 5.22. The summed E-state index contributed by atoms with van der Waals surface area (Å²) < 4.78 is 11.2. The van der Waals surface area contributed by atoms with Gasteiger partial charge in [0.15, 0.2) is 0 Å². The first-order chi connectivity index (χ1) is 15.5. The molecule has 168 valence electrons. The van der Waals surface area contributed by atoms with Crippen LogP contribution in [-0.2, 0) is 0 Å². The highest BCUT2D eigenvalue weighted by atomic mass is 35.5. The summed E-state index contributed by atoms with van der Waals surface area (Å²) in [5.74, 6) is -0.499. The maximum absolute atomic E-state index is 12.5. The Labute approximate surface area is 192 Å². The van der Waals surface area contributed by atoms with Crippen LogP contribution < -0.4 is 9.47 Å². The lowest BCUT2D eigenvalue weighted by molar-refractivity contribution is 0.0695. The predicted octanol–water partition coefficient (Wildman–Crippen LogP) is 7.15. The van der Waals surface area contributed by atoms with Gasteiger partial charge < -0.3 is 14.6 Å². The Morgan fingerprint density at radius 3 is 2.28 bits per heavy atom. The molecule has 3 aromatic rings. The predicted molar refractivity (Wildman–Crippen MR) is 126 cm³/mol. The number of carbonyl (C=O) groups is 2. The van der Waals surface area contributed by atoms with Gasteiger partial charge in [0.25, 0.3) is 0 Å². The van der Waals surface area contributed by atoms with Crippen LogP contribution in [0.5, 0.6) is 11.5 Å². The summed E-state index contributed by atoms with van der Waals surface area (Å²) in [5, 5.41) is 10.6. The molecule has 0 aromatic heterocycles. The summed E-state index contributed by atoms with van der Waals surface area (Å²) in [6, 6.07) is 14.8. The lowest BCUT2D eigenvalue weighted by atomic mass is 10.1. The highest BCUT2D eigenvalue weighted by molar-refractivity contribution is 6.38. The molecule has 0 aliphatic heterocycles. The average Bonchev–Trinajstić information content (AvgIpc) is 2.79. The number of carbonyl (C=O) groups excluding carboxylic acids is 1. The SMILES string of the molecule is CCCCCCCCOc1ccc(C(=O)Oc2ccc3c(Cl)c(C(=O)O)ccc3c2)cc1. The van der Waals surface area contributed by atoms with Crippen molar-refractivity contribution in [1.29, 1.82) is 0 Å². The highest BCUT2D eigenvalue weighted by Crippen LogP contribution is 2.30. The molecule has 0 amide bonds. The normalized spacial score (nSPS) is 10.8. The molecule has 0 atom stereocenters. The van der Waals surface area contributed by atoms with E-state index in [2.05, 4.69) is 6.92 Å². The second-order valence-electron chi connectivity index (χ2n) is 7.65. The number of halogens is 1. The van der Waals surface area contributed by atoms with Crippen molar-refractivity contribution >= 4 is 34.3 Å². The van der Waals surface area contributed by atoms with E-state index in [1.807, 2.05) is 0 Å². The molecule has 6 heteroatoms. The molecule has 0 aliphatic carbocycles. The summed E-state index contributed by atoms with van der Waals surface area (Å²) >= 11 is 6.18. The first-order valence-electron chi connectivity index (χ1n) is 10.9. The van der Waals surface area contributed by atoms with Crippen LogP contribution in [0.2, 0.25) is 5.02 Å². The molecule has 0 fully saturated rings. The molecule has 0 unspecified atom stereocenters. The number of ether oxygens (including phenoxy) is 2. The molecule has 0 saturated carbocycles. The first kappa shape index (κ1) is 23.6. The van der Waals surface area contributed by atoms with Crippen LogP contribution in [0.15, 0.2) is 54.6 Å². The lowest BCUT2D eigenvalue weighted by Crippen LogP contribution is -2.08. The van der Waals surface area contributed by atoms with Gasteiger partial charge in [0, 0.05) is 5.39 Å². The summed E-state index contributed by atoms with van der Waals surface area (Å²) in [6.07, 6.45) is 7.24. The number of fused-ring (bicyclic) bond motifs is 1. The summed E-state index contributed by atoms with van der Waals surface area (Å²) in [5.41, 5.74) is 0.444. The molecule has 0 radical (unpaired) electrons. The summed E-state index contributed by atoms with van der Waals surface area (Å²) in [6.45, 7) is 2.87. The van der Waals surface area contributed by atoms with Crippen molar-refractivity contribution in [3.63, 3.8) is 0 Å². The van der Waals surface area contributed by atoms with Crippen molar-refractivity contribution in [3.8, 4) is 11.5 Å². The summed E-state index contributed by atoms with van der Waals surface area (Å²) in [7, 11) is 0. The monoisotopic (exact) mass is 454 g/mol. The summed E-state index contributed by atoms with van der Waals surface area (Å²) in [4.78, 5) is 23.7. The Bertz CT molecular complexity index is 1080. The molecule has 0 bridgehead atoms. The van der Waals surface area contributed by atoms with E-state index in [0.717, 1.165) is 12.2 Å². The van der Waals surface area contributed by atoms with Gasteiger partial charge in [-0.1, -0.05) is 56.7 Å². The number of carboxylic acid groups (broad SMARTS) is 1. The number of unbranched alkanes of at least 4 members (excludes halogenated alkanes) is 5. The molecule has 0 saturated heterocycles. The van der Waals surface area contributed by atoms with Crippen LogP contribution in [0.25, 0.3) is 10.8 Å². The average molecular weight is 455 g/mol. The van der Waals surface area contributed by atoms with Crippen molar-refractivity contribution in [2.24, 2.45) is 0 Å². The van der Waals surface area contributed by atoms with E-state index in [0.29, 0.717) is 28.7 Å². The smallest absolute Gasteiger partial charge is 0.343 e. The largest absolute Gasteiger partial charge is 0.494 e. The van der Waals surface area contributed by atoms with E-state index in [9.17, 15) is 14.7 Å². The molecular formula is C26H27ClO5. The molecular weight excluding hydrogens is 428 g/mol. The standard InChI is InChI=1S/C26H27ClO5/c1-2-3-4-5-6-7-16-31-20-11-8-18(9-12-20)26(30)32-21-13-15-22-19(17-21)10-14-23(24(22)27)25(28)29/h8-15,17H,2-7,16H2,1H3,(H,28,29). The number of esters is 1. The van der Waals surface area contributed by atoms with Gasteiger partial charge in [-0.15, -0.1) is 0 Å². The minimum absolute atomic E-state index is 0.0303. The third-order valence-corrected chi connectivity index (χ3v) is 5.63. The Balaban J connectivity index is 1.55. The van der Waals surface area contributed by atoms with Crippen LogP contribution in [0, 0.1) is 0 Å². The zero-order chi connectivity index (χ0) is 22.9. The van der Waals surface area contributed by atoms with Crippen molar-refractivity contribution < 1.29 is 24.2 Å². The molecule has 0 spiro atoms. The Kier molecular flexibility index (Phi) is 8.51. The van der Waals surface area contributed by atoms with E-state index in [4.69, 9.17) is 21.1 Å². The van der Waals surface area contributed by atoms with Crippen LogP contribution >= 0.6 is 11.6 Å². The molecule has 0 heterocycles. The minimum Gasteiger partial charge on any atom is -0.494 e. The zero-order valence-electron chi connectivity index (χ0n) is 18.1. The molecule has 1 N–H and O–H groups in total. The van der Waals surface area contributed by atoms with Gasteiger partial charge in [-0.3, -0.25) is 0 Å². The Hall–Kier alpha value is -3.05. The fourth-order valence-corrected chi connectivity index (χ4v) is 3.74. The van der Waals surface area contributed by atoms with Gasteiger partial charge in [0.2, 0.25) is 0 Å². The van der Waals surface area contributed by atoms with Crippen molar-refractivity contribution in [3.05, 3.63) is 70.7 Å². The van der Waals surface area contributed by atoms with E-state index < -0.39 is 11.9 Å². The molecule has 0 aliphatic rings. The van der Waals surface area contributed by atoms with Crippen LogP contribution in [0.1, 0.15) is 66.2 Å². The Morgan fingerprint density at radius 1 is 0.875 bits per heavy atom. The van der Waals surface area contributed by atoms with Gasteiger partial charge in [-0.05, 0) is 60.3 Å². The van der Waals surface area contributed by atoms with Crippen LogP contribution in [-0.4, -0.2) is 23.7 Å². The third kappa shape index (κ3) is 6.24. The zero-order valence-corrected chi connectivity index (χ0v) is 18.9. The number of aromatic carboxylic acids is 1. The molecule has 32 heavy (non-hydrogen) atoms. The van der Waals surface area contributed by atoms with Crippen molar-refractivity contribution in [1.82, 2.24) is 0 Å². The van der Waals surface area contributed by atoms with E-state index in [1.165, 1.54) is 38.2 Å². The number of rotatable bonds is 11. The number of carboxylic acids is 1. The van der Waals surface area contributed by atoms with Gasteiger partial charge in [-0.25, -0.2) is 9.59 Å². The molecule has 3 aromatic carbocycles. The Morgan fingerprint density at radius 2 is 1.56 bits per heavy atom. The topological polar surface area (TPSA) is 72.8 Å². The molecule has 5 nitrogen and oxygen atoms in total. The maximum atomic E-state index is 12.5. The van der Waals surface area contributed by atoms with Crippen molar-refractivity contribution in [2.45, 2.75) is 45.4 Å². The van der Waals surface area contributed by atoms with Crippen LogP contribution in [0.4, 0.5) is 0 Å². The number of hydrogen-bond acceptors (Lipinski definition) is 4.